The average molecular weight is 1040 g/mol. The van der Waals surface area contributed by atoms with Gasteiger partial charge in [-0.15, -0.1) is 0 Å². The molecule has 1 heterocycles. The summed E-state index contributed by atoms with van der Waals surface area (Å²) in [7, 11) is 0. The van der Waals surface area contributed by atoms with Crippen molar-refractivity contribution >= 4 is 5.91 Å². The average Bonchev–Trinajstić information content (AvgIpc) is 3.39. The largest absolute Gasteiger partial charge is 0.394 e. The minimum Gasteiger partial charge on any atom is -0.394 e. The van der Waals surface area contributed by atoms with Gasteiger partial charge in [0.2, 0.25) is 5.91 Å². The molecule has 0 radical (unpaired) electrons. The van der Waals surface area contributed by atoms with E-state index in [0.717, 1.165) is 38.5 Å². The van der Waals surface area contributed by atoms with E-state index in [2.05, 4.69) is 31.3 Å². The van der Waals surface area contributed by atoms with Gasteiger partial charge in [-0.2, -0.15) is 0 Å². The van der Waals surface area contributed by atoms with E-state index in [9.17, 15) is 40.5 Å². The molecule has 9 unspecified atom stereocenters. The minimum absolute atomic E-state index is 0.259. The van der Waals surface area contributed by atoms with Crippen molar-refractivity contribution in [1.29, 1.82) is 0 Å². The summed E-state index contributed by atoms with van der Waals surface area (Å²) in [5.41, 5.74) is 0. The highest BCUT2D eigenvalue weighted by Crippen LogP contribution is 2.24. The Morgan fingerprint density at radius 2 is 0.808 bits per heavy atom. The molecular formula is C62H121NO10. The molecule has 0 saturated carbocycles. The van der Waals surface area contributed by atoms with Crippen LogP contribution in [-0.2, 0) is 14.3 Å². The zero-order valence-corrected chi connectivity index (χ0v) is 47.6. The van der Waals surface area contributed by atoms with Crippen LogP contribution in [0.2, 0.25) is 0 Å². The van der Waals surface area contributed by atoms with Gasteiger partial charge >= 0.3 is 0 Å². The van der Waals surface area contributed by atoms with Crippen molar-refractivity contribution in [2.45, 2.75) is 364 Å². The number of carbonyl (C=O) groups is 1. The Bertz CT molecular complexity index is 1190. The number of allylic oxidation sites excluding steroid dienone is 2. The summed E-state index contributed by atoms with van der Waals surface area (Å²) in [4.78, 5) is 13.2. The summed E-state index contributed by atoms with van der Waals surface area (Å²) < 4.78 is 11.1. The Balaban J connectivity index is 2.13. The minimum atomic E-state index is -1.66. The molecule has 1 aliphatic rings. The second kappa shape index (κ2) is 51.6. The Labute approximate surface area is 449 Å². The number of aliphatic hydroxyl groups excluding tert-OH is 7. The summed E-state index contributed by atoms with van der Waals surface area (Å²) in [5, 5.41) is 76.0. The number of rotatable bonds is 55. The van der Waals surface area contributed by atoms with E-state index in [4.69, 9.17) is 9.47 Å². The maximum atomic E-state index is 13.2. The number of unbranched alkanes of at least 4 members (excludes halogenated alkanes) is 41. The number of aliphatic hydroxyl groups is 7. The van der Waals surface area contributed by atoms with Gasteiger partial charge in [-0.3, -0.25) is 4.79 Å². The van der Waals surface area contributed by atoms with Gasteiger partial charge < -0.3 is 50.5 Å². The maximum absolute atomic E-state index is 13.2. The molecule has 1 amide bonds. The van der Waals surface area contributed by atoms with Crippen LogP contribution in [0, 0.1) is 0 Å². The molecule has 8 N–H and O–H groups in total. The lowest BCUT2D eigenvalue weighted by molar-refractivity contribution is -0.303. The summed E-state index contributed by atoms with van der Waals surface area (Å²) in [6.45, 7) is 3.45. The molecule has 9 atom stereocenters. The lowest BCUT2D eigenvalue weighted by atomic mass is 9.98. The Hall–Kier alpha value is -1.15. The lowest BCUT2D eigenvalue weighted by Crippen LogP contribution is -2.60. The first kappa shape index (κ1) is 69.9. The van der Waals surface area contributed by atoms with Crippen LogP contribution in [-0.4, -0.2) is 110 Å². The van der Waals surface area contributed by atoms with Crippen LogP contribution in [0.5, 0.6) is 0 Å². The van der Waals surface area contributed by atoms with E-state index in [0.29, 0.717) is 12.8 Å². The third-order valence-electron chi connectivity index (χ3n) is 15.6. The first-order valence-corrected chi connectivity index (χ1v) is 31.6. The van der Waals surface area contributed by atoms with Crippen molar-refractivity contribution in [2.75, 3.05) is 13.2 Å². The number of ether oxygens (including phenoxy) is 2. The fourth-order valence-corrected chi connectivity index (χ4v) is 10.4. The van der Waals surface area contributed by atoms with Crippen molar-refractivity contribution < 1.29 is 50.0 Å². The number of hydrogen-bond donors (Lipinski definition) is 8. The molecule has 11 nitrogen and oxygen atoms in total. The molecule has 434 valence electrons. The molecule has 1 rings (SSSR count). The molecule has 11 heteroatoms. The van der Waals surface area contributed by atoms with Crippen LogP contribution in [0.15, 0.2) is 12.2 Å². The highest BCUT2D eigenvalue weighted by molar-refractivity contribution is 5.80. The lowest BCUT2D eigenvalue weighted by Gasteiger charge is -2.40. The van der Waals surface area contributed by atoms with Crippen LogP contribution in [0.25, 0.3) is 0 Å². The van der Waals surface area contributed by atoms with Crippen molar-refractivity contribution in [3.63, 3.8) is 0 Å². The van der Waals surface area contributed by atoms with Gasteiger partial charge in [0.15, 0.2) is 6.29 Å². The molecule has 1 saturated heterocycles. The molecular weight excluding hydrogens is 919 g/mol. The molecule has 73 heavy (non-hydrogen) atoms. The number of nitrogens with one attached hydrogen (secondary N) is 1. The molecule has 1 aliphatic heterocycles. The number of amides is 1. The number of hydrogen-bond acceptors (Lipinski definition) is 10. The fourth-order valence-electron chi connectivity index (χ4n) is 10.4. The van der Waals surface area contributed by atoms with Gasteiger partial charge in [-0.1, -0.05) is 283 Å². The standard InChI is InChI=1S/C62H121NO10/c1-3-5-7-9-11-13-15-17-18-19-20-21-22-23-24-25-26-27-28-29-30-31-32-33-34-35-36-37-38-40-42-44-46-48-50-55(66)61(71)63-53(52-72-62-60(70)59(69)58(68)56(51-64)73-62)57(67)54(65)49-47-45-43-41-39-16-14-12-10-8-6-4-2/h41,43,53-60,62,64-70H,3-40,42,44-52H2,1-2H3,(H,63,71)/b43-41+. The van der Waals surface area contributed by atoms with Crippen molar-refractivity contribution in [3.8, 4) is 0 Å². The predicted molar refractivity (Wildman–Crippen MR) is 303 cm³/mol. The molecule has 0 aromatic carbocycles. The molecule has 0 bridgehead atoms. The van der Waals surface area contributed by atoms with Gasteiger partial charge in [0.05, 0.1) is 25.4 Å². The van der Waals surface area contributed by atoms with Crippen LogP contribution in [0.4, 0.5) is 0 Å². The topological polar surface area (TPSA) is 189 Å². The van der Waals surface area contributed by atoms with Crippen molar-refractivity contribution in [3.05, 3.63) is 12.2 Å². The van der Waals surface area contributed by atoms with E-state index in [1.54, 1.807) is 0 Å². The van der Waals surface area contributed by atoms with Gasteiger partial charge in [-0.25, -0.2) is 0 Å². The zero-order chi connectivity index (χ0) is 53.3. The third kappa shape index (κ3) is 39.8. The Morgan fingerprint density at radius 3 is 1.18 bits per heavy atom. The summed E-state index contributed by atoms with van der Waals surface area (Å²) >= 11 is 0. The molecule has 0 aliphatic carbocycles. The second-order valence-electron chi connectivity index (χ2n) is 22.5. The van der Waals surface area contributed by atoms with Crippen molar-refractivity contribution in [1.82, 2.24) is 5.32 Å². The molecule has 0 aromatic heterocycles. The smallest absolute Gasteiger partial charge is 0.249 e. The summed E-state index contributed by atoms with van der Waals surface area (Å²) in [6.07, 6.45) is 50.3. The monoisotopic (exact) mass is 1040 g/mol. The van der Waals surface area contributed by atoms with Crippen LogP contribution >= 0.6 is 0 Å². The highest BCUT2D eigenvalue weighted by Gasteiger charge is 2.44. The van der Waals surface area contributed by atoms with Crippen LogP contribution in [0.1, 0.15) is 309 Å². The van der Waals surface area contributed by atoms with Gasteiger partial charge in [-0.05, 0) is 38.5 Å². The zero-order valence-electron chi connectivity index (χ0n) is 47.6. The Kier molecular flexibility index (Phi) is 49.4. The van der Waals surface area contributed by atoms with E-state index in [-0.39, 0.29) is 12.8 Å². The molecule has 0 spiro atoms. The maximum Gasteiger partial charge on any atom is 0.249 e. The molecule has 0 aromatic rings. The van der Waals surface area contributed by atoms with Crippen LogP contribution < -0.4 is 5.32 Å². The third-order valence-corrected chi connectivity index (χ3v) is 15.6. The van der Waals surface area contributed by atoms with E-state index >= 15 is 0 Å². The van der Waals surface area contributed by atoms with Gasteiger partial charge in [0.25, 0.3) is 0 Å². The summed E-state index contributed by atoms with van der Waals surface area (Å²) in [6, 6.07) is -1.18. The van der Waals surface area contributed by atoms with E-state index in [1.807, 2.05) is 0 Å². The van der Waals surface area contributed by atoms with E-state index in [1.165, 1.54) is 231 Å². The first-order valence-electron chi connectivity index (χ1n) is 31.6. The van der Waals surface area contributed by atoms with Crippen LogP contribution in [0.3, 0.4) is 0 Å². The van der Waals surface area contributed by atoms with Gasteiger partial charge in [0.1, 0.15) is 36.6 Å². The SMILES string of the molecule is CCCCCCCCC/C=C/CCCC(O)C(O)C(COC1OC(CO)C(O)C(O)C1O)NC(=O)C(O)CCCCCCCCCCCCCCCCCCCCCCCCCCCCCCCCCCCC. The summed E-state index contributed by atoms with van der Waals surface area (Å²) in [5.74, 6) is -0.701. The second-order valence-corrected chi connectivity index (χ2v) is 22.5. The highest BCUT2D eigenvalue weighted by atomic mass is 16.7. The quantitative estimate of drug-likeness (QED) is 0.0215. The Morgan fingerprint density at radius 1 is 0.466 bits per heavy atom. The predicted octanol–water partition coefficient (Wildman–Crippen LogP) is 13.9. The normalized spacial score (nSPS) is 19.9. The fraction of sp³-hybridized carbons (Fsp3) is 0.952. The van der Waals surface area contributed by atoms with Gasteiger partial charge in [0, 0.05) is 0 Å². The molecule has 1 fully saturated rings. The number of carbonyl (C=O) groups excluding carboxylic acids is 1. The first-order chi connectivity index (χ1) is 35.7. The van der Waals surface area contributed by atoms with Crippen molar-refractivity contribution in [2.24, 2.45) is 0 Å². The van der Waals surface area contributed by atoms with E-state index < -0.39 is 74.2 Å².